The van der Waals surface area contributed by atoms with Crippen LogP contribution in [-0.2, 0) is 9.59 Å². The lowest BCUT2D eigenvalue weighted by Crippen LogP contribution is -2.37. The number of hydrogen-bond donors (Lipinski definition) is 2. The van der Waals surface area contributed by atoms with Gasteiger partial charge < -0.3 is 21.0 Å². The first-order valence-electron chi connectivity index (χ1n) is 4.87. The number of nitrogens with one attached hydrogen (secondary N) is 1. The highest BCUT2D eigenvalue weighted by molar-refractivity contribution is 5.85. The molecule has 1 unspecified atom stereocenters. The second kappa shape index (κ2) is 7.65. The van der Waals surface area contributed by atoms with Crippen molar-refractivity contribution in [2.75, 3.05) is 6.54 Å². The number of carboxylic acids is 1. The van der Waals surface area contributed by atoms with Gasteiger partial charge in [-0.3, -0.25) is 4.79 Å². The molecule has 6 heteroatoms. The molecule has 1 amide bonds. The van der Waals surface area contributed by atoms with Crippen LogP contribution in [-0.4, -0.2) is 18.4 Å². The van der Waals surface area contributed by atoms with Gasteiger partial charge in [-0.05, 0) is 5.56 Å². The first kappa shape index (κ1) is 15.4. The zero-order valence-electron chi connectivity index (χ0n) is 9.09. The van der Waals surface area contributed by atoms with Crippen molar-refractivity contribution in [3.63, 3.8) is 0 Å². The minimum atomic E-state index is -1.22. The van der Waals surface area contributed by atoms with Crippen molar-refractivity contribution in [3.05, 3.63) is 35.9 Å². The van der Waals surface area contributed by atoms with E-state index in [0.29, 0.717) is 5.56 Å². The Morgan fingerprint density at radius 3 is 2.35 bits per heavy atom. The van der Waals surface area contributed by atoms with Crippen LogP contribution in [0, 0.1) is 0 Å². The van der Waals surface area contributed by atoms with E-state index in [-0.39, 0.29) is 25.4 Å². The molecule has 0 aliphatic heterocycles. The Labute approximate surface area is 105 Å². The van der Waals surface area contributed by atoms with Crippen LogP contribution in [0.5, 0.6) is 0 Å². The minimum absolute atomic E-state index is 0. The van der Waals surface area contributed by atoms with Crippen molar-refractivity contribution in [1.82, 2.24) is 5.32 Å². The van der Waals surface area contributed by atoms with Crippen LogP contribution in [0.15, 0.2) is 30.3 Å². The number of carbonyl (C=O) groups is 2. The first-order chi connectivity index (χ1) is 7.63. The van der Waals surface area contributed by atoms with Gasteiger partial charge in [0.15, 0.2) is 0 Å². The van der Waals surface area contributed by atoms with E-state index in [1.165, 1.54) is 0 Å². The molecule has 1 aromatic carbocycles. The SMILES string of the molecule is Cl.NCC(=O)NC(CC(=O)[O-])c1ccccc1. The molecule has 17 heavy (non-hydrogen) atoms. The molecule has 1 rings (SSSR count). The third-order valence-electron chi connectivity index (χ3n) is 2.09. The Morgan fingerprint density at radius 2 is 1.88 bits per heavy atom. The Morgan fingerprint density at radius 1 is 1.29 bits per heavy atom. The second-order valence-corrected chi connectivity index (χ2v) is 3.31. The van der Waals surface area contributed by atoms with Gasteiger partial charge in [0.2, 0.25) is 5.91 Å². The molecule has 0 saturated carbocycles. The number of nitrogens with two attached hydrogens (primary N) is 1. The highest BCUT2D eigenvalue weighted by atomic mass is 35.5. The predicted molar refractivity (Wildman–Crippen MR) is 63.3 cm³/mol. The van der Waals surface area contributed by atoms with E-state index in [1.807, 2.05) is 6.07 Å². The van der Waals surface area contributed by atoms with Crippen LogP contribution < -0.4 is 16.2 Å². The van der Waals surface area contributed by atoms with Crippen LogP contribution >= 0.6 is 12.4 Å². The highest BCUT2D eigenvalue weighted by Crippen LogP contribution is 2.15. The van der Waals surface area contributed by atoms with E-state index in [1.54, 1.807) is 24.3 Å². The lowest BCUT2D eigenvalue weighted by atomic mass is 10.0. The number of aliphatic carboxylic acids is 1. The fourth-order valence-electron chi connectivity index (χ4n) is 1.36. The number of benzene rings is 1. The Hall–Kier alpha value is -1.59. The molecule has 1 aromatic rings. The molecule has 0 spiro atoms. The van der Waals surface area contributed by atoms with E-state index in [2.05, 4.69) is 5.32 Å². The van der Waals surface area contributed by atoms with Crippen LogP contribution in [0.1, 0.15) is 18.0 Å². The van der Waals surface area contributed by atoms with Gasteiger partial charge in [0.1, 0.15) is 0 Å². The highest BCUT2D eigenvalue weighted by Gasteiger charge is 2.13. The molecule has 0 aliphatic rings. The molecule has 0 bridgehead atoms. The van der Waals surface area contributed by atoms with Gasteiger partial charge in [-0.15, -0.1) is 12.4 Å². The summed E-state index contributed by atoms with van der Waals surface area (Å²) in [5.74, 6) is -1.61. The Balaban J connectivity index is 0.00000256. The largest absolute Gasteiger partial charge is 0.550 e. The van der Waals surface area contributed by atoms with Crippen LogP contribution in [0.4, 0.5) is 0 Å². The van der Waals surface area contributed by atoms with E-state index in [9.17, 15) is 14.7 Å². The average molecular weight is 258 g/mol. The van der Waals surface area contributed by atoms with Gasteiger partial charge in [0.25, 0.3) is 0 Å². The summed E-state index contributed by atoms with van der Waals surface area (Å²) >= 11 is 0. The summed E-state index contributed by atoms with van der Waals surface area (Å²) in [7, 11) is 0. The zero-order chi connectivity index (χ0) is 12.0. The maximum absolute atomic E-state index is 11.1. The smallest absolute Gasteiger partial charge is 0.234 e. The molecule has 1 atom stereocenters. The van der Waals surface area contributed by atoms with Gasteiger partial charge in [0, 0.05) is 12.4 Å². The molecule has 94 valence electrons. The maximum Gasteiger partial charge on any atom is 0.234 e. The summed E-state index contributed by atoms with van der Waals surface area (Å²) in [4.78, 5) is 21.7. The number of amides is 1. The van der Waals surface area contributed by atoms with E-state index < -0.39 is 17.9 Å². The number of carbonyl (C=O) groups excluding carboxylic acids is 2. The summed E-state index contributed by atoms with van der Waals surface area (Å²) in [5.41, 5.74) is 5.87. The number of carboxylic acid groups (broad SMARTS) is 1. The van der Waals surface area contributed by atoms with E-state index in [0.717, 1.165) is 0 Å². The molecular formula is C11H14ClN2O3-. The Bertz CT molecular complexity index is 370. The fraction of sp³-hybridized carbons (Fsp3) is 0.273. The molecule has 0 saturated heterocycles. The van der Waals surface area contributed by atoms with Gasteiger partial charge in [0.05, 0.1) is 12.6 Å². The third-order valence-corrected chi connectivity index (χ3v) is 2.09. The maximum atomic E-state index is 11.1. The summed E-state index contributed by atoms with van der Waals surface area (Å²) < 4.78 is 0. The predicted octanol–water partition coefficient (Wildman–Crippen LogP) is -0.636. The van der Waals surface area contributed by atoms with Crippen molar-refractivity contribution in [1.29, 1.82) is 0 Å². The van der Waals surface area contributed by atoms with Crippen LogP contribution in [0.2, 0.25) is 0 Å². The second-order valence-electron chi connectivity index (χ2n) is 3.31. The van der Waals surface area contributed by atoms with Crippen molar-refractivity contribution in [2.45, 2.75) is 12.5 Å². The number of rotatable bonds is 5. The van der Waals surface area contributed by atoms with E-state index >= 15 is 0 Å². The molecule has 0 fully saturated rings. The van der Waals surface area contributed by atoms with Crippen molar-refractivity contribution < 1.29 is 14.7 Å². The van der Waals surface area contributed by atoms with Crippen molar-refractivity contribution in [2.24, 2.45) is 5.73 Å². The molecule has 0 aromatic heterocycles. The molecule has 5 nitrogen and oxygen atoms in total. The monoisotopic (exact) mass is 257 g/mol. The summed E-state index contributed by atoms with van der Waals surface area (Å²) in [6, 6.07) is 8.24. The lowest BCUT2D eigenvalue weighted by molar-refractivity contribution is -0.306. The topological polar surface area (TPSA) is 95.2 Å². The number of hydrogen-bond acceptors (Lipinski definition) is 4. The number of halogens is 1. The molecule has 3 N–H and O–H groups in total. The molecule has 0 aliphatic carbocycles. The van der Waals surface area contributed by atoms with Crippen molar-refractivity contribution >= 4 is 24.3 Å². The standard InChI is InChI=1S/C11H14N2O3.ClH/c12-7-10(14)13-9(6-11(15)16)8-4-2-1-3-5-8;/h1-5,9H,6-7,12H2,(H,13,14)(H,15,16);1H/p-1. The van der Waals surface area contributed by atoms with Gasteiger partial charge in [-0.25, -0.2) is 0 Å². The normalized spacial score (nSPS) is 11.1. The summed E-state index contributed by atoms with van der Waals surface area (Å²) in [6.45, 7) is -0.170. The van der Waals surface area contributed by atoms with Crippen LogP contribution in [0.25, 0.3) is 0 Å². The fourth-order valence-corrected chi connectivity index (χ4v) is 1.36. The Kier molecular flexibility index (Phi) is 6.93. The first-order valence-corrected chi connectivity index (χ1v) is 4.87. The van der Waals surface area contributed by atoms with Crippen molar-refractivity contribution in [3.8, 4) is 0 Å². The van der Waals surface area contributed by atoms with E-state index in [4.69, 9.17) is 5.73 Å². The molecule has 0 heterocycles. The van der Waals surface area contributed by atoms with Gasteiger partial charge in [-0.1, -0.05) is 30.3 Å². The summed E-state index contributed by atoms with van der Waals surface area (Å²) in [5, 5.41) is 13.1. The zero-order valence-corrected chi connectivity index (χ0v) is 9.91. The minimum Gasteiger partial charge on any atom is -0.550 e. The quantitative estimate of drug-likeness (QED) is 0.734. The van der Waals surface area contributed by atoms with Crippen LogP contribution in [0.3, 0.4) is 0 Å². The van der Waals surface area contributed by atoms with Gasteiger partial charge in [-0.2, -0.15) is 0 Å². The van der Waals surface area contributed by atoms with Gasteiger partial charge >= 0.3 is 0 Å². The molecular weight excluding hydrogens is 244 g/mol. The third kappa shape index (κ3) is 5.33. The lowest BCUT2D eigenvalue weighted by Gasteiger charge is -2.19. The average Bonchev–Trinajstić information content (AvgIpc) is 2.28. The molecule has 0 radical (unpaired) electrons. The summed E-state index contributed by atoms with van der Waals surface area (Å²) in [6.07, 6.45) is -0.268.